The van der Waals surface area contributed by atoms with Gasteiger partial charge in [-0.2, -0.15) is 0 Å². The van der Waals surface area contributed by atoms with Crippen molar-refractivity contribution in [2.24, 2.45) is 0 Å². The molecule has 130 valence electrons. The van der Waals surface area contributed by atoms with Crippen LogP contribution >= 0.6 is 23.2 Å². The van der Waals surface area contributed by atoms with E-state index in [0.29, 0.717) is 28.8 Å². The maximum Gasteiger partial charge on any atom is 0.279 e. The Morgan fingerprint density at radius 2 is 1.64 bits per heavy atom. The van der Waals surface area contributed by atoms with Crippen LogP contribution in [0.5, 0.6) is 0 Å². The number of halogens is 2. The molecular weight excluding hydrogens is 363 g/mol. The molecule has 0 bridgehead atoms. The van der Waals surface area contributed by atoms with Gasteiger partial charge in [0.15, 0.2) is 18.1 Å². The minimum atomic E-state index is -0.155. The number of nitrogens with one attached hydrogen (secondary N) is 2. The number of hydrogen-bond donors (Lipinski definition) is 2. The second-order valence-corrected chi connectivity index (χ2v) is 6.46. The number of rotatable bonds is 7. The van der Waals surface area contributed by atoms with Crippen LogP contribution in [0.1, 0.15) is 11.5 Å². The SMILES string of the molecule is O=C(C[NH+](Cc1ccco1)Cc1ccco1)Nc1ccc(Cl)cc1Cl. The quantitative estimate of drug-likeness (QED) is 0.661. The third kappa shape index (κ3) is 5.13. The van der Waals surface area contributed by atoms with Crippen LogP contribution in [0, 0.1) is 0 Å². The fourth-order valence-electron chi connectivity index (χ4n) is 2.52. The smallest absolute Gasteiger partial charge is 0.279 e. The van der Waals surface area contributed by atoms with Crippen LogP contribution in [0.3, 0.4) is 0 Å². The van der Waals surface area contributed by atoms with Gasteiger partial charge in [-0.25, -0.2) is 0 Å². The Hall–Kier alpha value is -2.21. The number of anilines is 1. The second-order valence-electron chi connectivity index (χ2n) is 5.61. The molecule has 1 amide bonds. The zero-order valence-corrected chi connectivity index (χ0v) is 14.8. The van der Waals surface area contributed by atoms with E-state index in [9.17, 15) is 4.79 Å². The van der Waals surface area contributed by atoms with Crippen molar-refractivity contribution in [2.75, 3.05) is 11.9 Å². The monoisotopic (exact) mass is 379 g/mol. The molecule has 1 aromatic carbocycles. The molecule has 0 saturated carbocycles. The first-order valence-corrected chi connectivity index (χ1v) is 8.49. The summed E-state index contributed by atoms with van der Waals surface area (Å²) in [6, 6.07) is 12.4. The van der Waals surface area contributed by atoms with Crippen molar-refractivity contribution in [3.05, 3.63) is 76.6 Å². The van der Waals surface area contributed by atoms with Gasteiger partial charge in [0.2, 0.25) is 0 Å². The average molecular weight is 380 g/mol. The number of hydrogen-bond acceptors (Lipinski definition) is 3. The molecule has 2 aromatic heterocycles. The molecule has 2 heterocycles. The van der Waals surface area contributed by atoms with Gasteiger partial charge in [0.25, 0.3) is 5.91 Å². The van der Waals surface area contributed by atoms with Crippen molar-refractivity contribution >= 4 is 34.8 Å². The van der Waals surface area contributed by atoms with E-state index in [1.54, 1.807) is 30.7 Å². The highest BCUT2D eigenvalue weighted by molar-refractivity contribution is 6.36. The molecule has 3 rings (SSSR count). The minimum Gasteiger partial charge on any atom is -0.463 e. The van der Waals surface area contributed by atoms with E-state index >= 15 is 0 Å². The Labute approximate surface area is 155 Å². The average Bonchev–Trinajstić information content (AvgIpc) is 3.24. The summed E-state index contributed by atoms with van der Waals surface area (Å²) in [4.78, 5) is 13.4. The normalized spacial score (nSPS) is 11.0. The van der Waals surface area contributed by atoms with Gasteiger partial charge in [-0.1, -0.05) is 23.2 Å². The lowest BCUT2D eigenvalue weighted by molar-refractivity contribution is -0.921. The van der Waals surface area contributed by atoms with Crippen molar-refractivity contribution in [3.63, 3.8) is 0 Å². The van der Waals surface area contributed by atoms with Crippen LogP contribution in [-0.2, 0) is 17.9 Å². The summed E-state index contributed by atoms with van der Waals surface area (Å²) in [5, 5.41) is 3.74. The number of quaternary nitrogens is 1. The summed E-state index contributed by atoms with van der Waals surface area (Å²) in [5.41, 5.74) is 0.534. The first-order chi connectivity index (χ1) is 12.1. The van der Waals surface area contributed by atoms with E-state index in [1.807, 2.05) is 24.3 Å². The molecule has 0 unspecified atom stereocenters. The lowest BCUT2D eigenvalue weighted by Gasteiger charge is -2.17. The standard InChI is InChI=1S/C18H16Cl2N2O3/c19-13-5-6-17(16(20)9-13)21-18(23)12-22(10-14-3-1-7-24-14)11-15-4-2-8-25-15/h1-9H,10-12H2,(H,21,23)/p+1. The van der Waals surface area contributed by atoms with Gasteiger partial charge >= 0.3 is 0 Å². The van der Waals surface area contributed by atoms with Gasteiger partial charge in [-0.05, 0) is 42.5 Å². The molecule has 0 spiro atoms. The summed E-state index contributed by atoms with van der Waals surface area (Å²) in [5.74, 6) is 1.45. The summed E-state index contributed by atoms with van der Waals surface area (Å²) >= 11 is 12.0. The van der Waals surface area contributed by atoms with Gasteiger partial charge < -0.3 is 19.1 Å². The molecule has 0 radical (unpaired) electrons. The van der Waals surface area contributed by atoms with Gasteiger partial charge in [-0.15, -0.1) is 0 Å². The minimum absolute atomic E-state index is 0.155. The molecule has 0 aliphatic heterocycles. The highest BCUT2D eigenvalue weighted by Gasteiger charge is 2.19. The van der Waals surface area contributed by atoms with Crippen LogP contribution in [0.4, 0.5) is 5.69 Å². The van der Waals surface area contributed by atoms with Gasteiger partial charge in [0.1, 0.15) is 13.1 Å². The van der Waals surface area contributed by atoms with Crippen molar-refractivity contribution in [1.29, 1.82) is 0 Å². The maximum atomic E-state index is 12.4. The molecule has 0 fully saturated rings. The van der Waals surface area contributed by atoms with E-state index in [4.69, 9.17) is 32.0 Å². The molecule has 0 aliphatic carbocycles. The Kier molecular flexibility index (Phi) is 5.81. The van der Waals surface area contributed by atoms with Gasteiger partial charge in [-0.3, -0.25) is 4.79 Å². The Morgan fingerprint density at radius 3 is 2.16 bits per heavy atom. The Morgan fingerprint density at radius 1 is 1.00 bits per heavy atom. The van der Waals surface area contributed by atoms with E-state index in [-0.39, 0.29) is 12.5 Å². The van der Waals surface area contributed by atoms with E-state index in [2.05, 4.69) is 5.32 Å². The number of amides is 1. The fourth-order valence-corrected chi connectivity index (χ4v) is 2.97. The van der Waals surface area contributed by atoms with Crippen LogP contribution in [0.2, 0.25) is 10.0 Å². The van der Waals surface area contributed by atoms with Crippen LogP contribution < -0.4 is 10.2 Å². The first-order valence-electron chi connectivity index (χ1n) is 7.73. The maximum absolute atomic E-state index is 12.4. The summed E-state index contributed by atoms with van der Waals surface area (Å²) < 4.78 is 10.8. The van der Waals surface area contributed by atoms with Gasteiger partial charge in [0, 0.05) is 5.02 Å². The molecule has 0 saturated heterocycles. The lowest BCUT2D eigenvalue weighted by Crippen LogP contribution is -3.10. The number of benzene rings is 1. The highest BCUT2D eigenvalue weighted by atomic mass is 35.5. The summed E-state index contributed by atoms with van der Waals surface area (Å²) in [6.07, 6.45) is 3.24. The van der Waals surface area contributed by atoms with Crippen LogP contribution in [-0.4, -0.2) is 12.5 Å². The zero-order valence-electron chi connectivity index (χ0n) is 13.3. The number of furan rings is 2. The number of carbonyl (C=O) groups excluding carboxylic acids is 1. The van der Waals surface area contributed by atoms with Crippen molar-refractivity contribution in [2.45, 2.75) is 13.1 Å². The van der Waals surface area contributed by atoms with Crippen LogP contribution in [0.25, 0.3) is 0 Å². The van der Waals surface area contributed by atoms with Crippen molar-refractivity contribution in [1.82, 2.24) is 0 Å². The third-order valence-corrected chi connectivity index (χ3v) is 4.17. The first kappa shape index (κ1) is 17.6. The largest absolute Gasteiger partial charge is 0.463 e. The molecule has 0 aliphatic rings. The lowest BCUT2D eigenvalue weighted by atomic mass is 10.3. The molecule has 3 aromatic rings. The van der Waals surface area contributed by atoms with E-state index in [1.165, 1.54) is 0 Å². The highest BCUT2D eigenvalue weighted by Crippen LogP contribution is 2.25. The molecule has 5 nitrogen and oxygen atoms in total. The fraction of sp³-hybridized carbons (Fsp3) is 0.167. The topological polar surface area (TPSA) is 59.8 Å². The number of carbonyl (C=O) groups is 1. The predicted molar refractivity (Wildman–Crippen MR) is 95.7 cm³/mol. The van der Waals surface area contributed by atoms with Crippen molar-refractivity contribution < 1.29 is 18.5 Å². The zero-order chi connectivity index (χ0) is 17.6. The molecular formula is C18H17Cl2N2O3+. The third-order valence-electron chi connectivity index (χ3n) is 3.62. The molecule has 0 atom stereocenters. The molecule has 25 heavy (non-hydrogen) atoms. The van der Waals surface area contributed by atoms with E-state index < -0.39 is 0 Å². The van der Waals surface area contributed by atoms with Crippen molar-refractivity contribution in [3.8, 4) is 0 Å². The van der Waals surface area contributed by atoms with Gasteiger partial charge in [0.05, 0.1) is 23.2 Å². The summed E-state index contributed by atoms with van der Waals surface area (Å²) in [6.45, 7) is 1.37. The Balaban J connectivity index is 1.66. The summed E-state index contributed by atoms with van der Waals surface area (Å²) in [7, 11) is 0. The molecule has 2 N–H and O–H groups in total. The predicted octanol–water partition coefficient (Wildman–Crippen LogP) is 3.40. The molecule has 7 heteroatoms. The van der Waals surface area contributed by atoms with E-state index in [0.717, 1.165) is 16.4 Å². The van der Waals surface area contributed by atoms with Crippen LogP contribution in [0.15, 0.2) is 63.8 Å². The second kappa shape index (κ2) is 8.25. The Bertz CT molecular complexity index is 781.